The quantitative estimate of drug-likeness (QED) is 0.194. The first kappa shape index (κ1) is 22.9. The smallest absolute Gasteiger partial charge is 0.225 e. The number of anilines is 1. The van der Waals surface area contributed by atoms with Crippen LogP contribution in [0.1, 0.15) is 17.5 Å². The van der Waals surface area contributed by atoms with Crippen LogP contribution in [-0.4, -0.2) is 41.5 Å². The molecule has 0 saturated carbocycles. The number of carbonyl (C=O) groups is 1. The Morgan fingerprint density at radius 2 is 2.00 bits per heavy atom. The monoisotopic (exact) mass is 511 g/mol. The second kappa shape index (κ2) is 12.9. The van der Waals surface area contributed by atoms with Gasteiger partial charge in [0, 0.05) is 43.3 Å². The summed E-state index contributed by atoms with van der Waals surface area (Å²) in [5.74, 6) is 0.0355. The third-order valence-electron chi connectivity index (χ3n) is 4.13. The molecule has 0 unspecified atom stereocenters. The summed E-state index contributed by atoms with van der Waals surface area (Å²) >= 11 is 8.38. The first-order chi connectivity index (χ1) is 13.6. The predicted molar refractivity (Wildman–Crippen MR) is 128 cm³/mol. The highest BCUT2D eigenvalue weighted by Crippen LogP contribution is 2.12. The van der Waals surface area contributed by atoms with Crippen LogP contribution >= 0.6 is 34.2 Å². The lowest BCUT2D eigenvalue weighted by atomic mass is 10.2. The standard InChI is InChI=1S/C22H27ClIN3O/c1-18-5-2-9-21(15-18)26-22(28)10-11-25-12-14-27(17-24)13-4-7-19-6-3-8-20(23)16-19/h2-9,15-16,25H,10-14,17H2,1H3,(H,26,28)/b7-4+. The van der Waals surface area contributed by atoms with Gasteiger partial charge in [-0.3, -0.25) is 9.69 Å². The third kappa shape index (κ3) is 9.19. The maximum absolute atomic E-state index is 12.0. The minimum absolute atomic E-state index is 0.0355. The Morgan fingerprint density at radius 1 is 1.18 bits per heavy atom. The number of alkyl halides is 1. The summed E-state index contributed by atoms with van der Waals surface area (Å²) < 4.78 is 0.952. The summed E-state index contributed by atoms with van der Waals surface area (Å²) in [7, 11) is 0. The van der Waals surface area contributed by atoms with Crippen LogP contribution < -0.4 is 10.6 Å². The Morgan fingerprint density at radius 3 is 2.75 bits per heavy atom. The van der Waals surface area contributed by atoms with Gasteiger partial charge >= 0.3 is 0 Å². The molecular weight excluding hydrogens is 485 g/mol. The largest absolute Gasteiger partial charge is 0.326 e. The van der Waals surface area contributed by atoms with Gasteiger partial charge in [-0.15, -0.1) is 0 Å². The molecule has 0 saturated heterocycles. The Balaban J connectivity index is 1.61. The summed E-state index contributed by atoms with van der Waals surface area (Å²) in [6.07, 6.45) is 4.71. The number of carbonyl (C=O) groups excluding carboxylic acids is 1. The minimum Gasteiger partial charge on any atom is -0.326 e. The van der Waals surface area contributed by atoms with E-state index in [1.807, 2.05) is 55.5 Å². The number of hydrogen-bond acceptors (Lipinski definition) is 3. The predicted octanol–water partition coefficient (Wildman–Crippen LogP) is 4.97. The zero-order chi connectivity index (χ0) is 20.2. The lowest BCUT2D eigenvalue weighted by molar-refractivity contribution is -0.116. The SMILES string of the molecule is Cc1cccc(NC(=O)CCNCCN(CI)C/C=C/c2cccc(Cl)c2)c1. The second-order valence-corrected chi connectivity index (χ2v) is 7.69. The van der Waals surface area contributed by atoms with E-state index < -0.39 is 0 Å². The van der Waals surface area contributed by atoms with E-state index in [1.54, 1.807) is 0 Å². The highest BCUT2D eigenvalue weighted by atomic mass is 127. The molecule has 0 aromatic heterocycles. The van der Waals surface area contributed by atoms with Crippen molar-refractivity contribution in [1.82, 2.24) is 10.2 Å². The Kier molecular flexibility index (Phi) is 10.6. The number of rotatable bonds is 11. The van der Waals surface area contributed by atoms with Crippen LogP contribution in [0.3, 0.4) is 0 Å². The third-order valence-corrected chi connectivity index (χ3v) is 5.33. The van der Waals surface area contributed by atoms with Crippen LogP contribution in [0.5, 0.6) is 0 Å². The molecule has 2 rings (SSSR count). The zero-order valence-electron chi connectivity index (χ0n) is 16.1. The molecular formula is C22H27ClIN3O. The van der Waals surface area contributed by atoms with E-state index in [1.165, 1.54) is 0 Å². The van der Waals surface area contributed by atoms with Crippen molar-refractivity contribution in [2.24, 2.45) is 0 Å². The molecule has 0 bridgehead atoms. The van der Waals surface area contributed by atoms with Crippen LogP contribution in [-0.2, 0) is 4.79 Å². The molecule has 0 heterocycles. The summed E-state index contributed by atoms with van der Waals surface area (Å²) in [5, 5.41) is 7.03. The summed E-state index contributed by atoms with van der Waals surface area (Å²) in [4.78, 5) is 14.3. The number of amides is 1. The number of nitrogens with zero attached hydrogens (tertiary/aromatic N) is 1. The van der Waals surface area contributed by atoms with Gasteiger partial charge in [0.2, 0.25) is 5.91 Å². The fourth-order valence-corrected chi connectivity index (χ4v) is 3.48. The normalized spacial score (nSPS) is 11.3. The molecule has 0 aliphatic carbocycles. The Labute approximate surface area is 186 Å². The second-order valence-electron chi connectivity index (χ2n) is 6.57. The zero-order valence-corrected chi connectivity index (χ0v) is 19.0. The number of nitrogens with one attached hydrogen (secondary N) is 2. The molecule has 28 heavy (non-hydrogen) atoms. The van der Waals surface area contributed by atoms with Crippen molar-refractivity contribution in [1.29, 1.82) is 0 Å². The lowest BCUT2D eigenvalue weighted by Crippen LogP contribution is -2.32. The molecule has 0 radical (unpaired) electrons. The maximum Gasteiger partial charge on any atom is 0.225 e. The molecule has 2 N–H and O–H groups in total. The fourth-order valence-electron chi connectivity index (χ4n) is 2.66. The lowest BCUT2D eigenvalue weighted by Gasteiger charge is -2.17. The molecule has 6 heteroatoms. The van der Waals surface area contributed by atoms with E-state index in [2.05, 4.69) is 50.3 Å². The van der Waals surface area contributed by atoms with Crippen molar-refractivity contribution in [3.8, 4) is 0 Å². The number of halogens is 2. The van der Waals surface area contributed by atoms with Gasteiger partial charge in [0.25, 0.3) is 0 Å². The first-order valence-electron chi connectivity index (χ1n) is 9.34. The van der Waals surface area contributed by atoms with Gasteiger partial charge in [0.05, 0.1) is 4.55 Å². The topological polar surface area (TPSA) is 44.4 Å². The van der Waals surface area contributed by atoms with E-state index in [-0.39, 0.29) is 5.91 Å². The molecule has 2 aromatic rings. The van der Waals surface area contributed by atoms with Crippen LogP contribution in [0.15, 0.2) is 54.6 Å². The van der Waals surface area contributed by atoms with Crippen LogP contribution in [0.4, 0.5) is 5.69 Å². The highest BCUT2D eigenvalue weighted by Gasteiger charge is 2.03. The minimum atomic E-state index is 0.0355. The molecule has 0 aliphatic rings. The van der Waals surface area contributed by atoms with E-state index in [0.29, 0.717) is 13.0 Å². The molecule has 0 spiro atoms. The highest BCUT2D eigenvalue weighted by molar-refractivity contribution is 14.1. The summed E-state index contributed by atoms with van der Waals surface area (Å²) in [6.45, 7) is 5.35. The van der Waals surface area contributed by atoms with Gasteiger partial charge in [-0.1, -0.05) is 70.6 Å². The van der Waals surface area contributed by atoms with Crippen molar-refractivity contribution in [2.75, 3.05) is 36.0 Å². The van der Waals surface area contributed by atoms with Gasteiger partial charge in [0.1, 0.15) is 0 Å². The Hall–Kier alpha value is -1.41. The van der Waals surface area contributed by atoms with Crippen LogP contribution in [0, 0.1) is 6.92 Å². The number of hydrogen-bond donors (Lipinski definition) is 2. The van der Waals surface area contributed by atoms with E-state index in [4.69, 9.17) is 11.6 Å². The number of aryl methyl sites for hydroxylation is 1. The van der Waals surface area contributed by atoms with Crippen LogP contribution in [0.25, 0.3) is 6.08 Å². The van der Waals surface area contributed by atoms with Crippen molar-refractivity contribution in [2.45, 2.75) is 13.3 Å². The van der Waals surface area contributed by atoms with Crippen molar-refractivity contribution >= 4 is 51.9 Å². The van der Waals surface area contributed by atoms with E-state index in [9.17, 15) is 4.79 Å². The van der Waals surface area contributed by atoms with Crippen molar-refractivity contribution < 1.29 is 4.79 Å². The molecule has 2 aromatic carbocycles. The molecule has 0 aliphatic heterocycles. The molecule has 0 fully saturated rings. The van der Waals surface area contributed by atoms with Gasteiger partial charge in [-0.25, -0.2) is 0 Å². The van der Waals surface area contributed by atoms with E-state index >= 15 is 0 Å². The number of benzene rings is 2. The van der Waals surface area contributed by atoms with Gasteiger partial charge in [0.15, 0.2) is 0 Å². The van der Waals surface area contributed by atoms with Gasteiger partial charge in [-0.2, -0.15) is 0 Å². The van der Waals surface area contributed by atoms with Gasteiger partial charge in [-0.05, 0) is 42.3 Å². The summed E-state index contributed by atoms with van der Waals surface area (Å²) in [5.41, 5.74) is 3.10. The first-order valence-corrected chi connectivity index (χ1v) is 11.2. The molecule has 150 valence electrons. The van der Waals surface area contributed by atoms with Crippen molar-refractivity contribution in [3.63, 3.8) is 0 Å². The average Bonchev–Trinajstić information content (AvgIpc) is 2.66. The average molecular weight is 512 g/mol. The van der Waals surface area contributed by atoms with Gasteiger partial charge < -0.3 is 10.6 Å². The summed E-state index contributed by atoms with van der Waals surface area (Å²) in [6, 6.07) is 15.7. The Bertz CT molecular complexity index is 782. The van der Waals surface area contributed by atoms with Crippen molar-refractivity contribution in [3.05, 3.63) is 70.8 Å². The molecule has 4 nitrogen and oxygen atoms in total. The molecule has 1 amide bonds. The fraction of sp³-hybridized carbons (Fsp3) is 0.318. The van der Waals surface area contributed by atoms with Crippen LogP contribution in [0.2, 0.25) is 5.02 Å². The maximum atomic E-state index is 12.0. The van der Waals surface area contributed by atoms with E-state index in [0.717, 1.165) is 46.0 Å². The molecule has 0 atom stereocenters.